The predicted octanol–water partition coefficient (Wildman–Crippen LogP) is 4.22. The lowest BCUT2D eigenvalue weighted by atomic mass is 10.0. The van der Waals surface area contributed by atoms with Gasteiger partial charge in [0, 0.05) is 6.08 Å². The molecular formula is C20H20O4. The molecule has 0 unspecified atom stereocenters. The van der Waals surface area contributed by atoms with E-state index in [2.05, 4.69) is 18.6 Å². The number of hydrogen-bond donors (Lipinski definition) is 0. The Bertz CT molecular complexity index is 725. The molecular weight excluding hydrogens is 304 g/mol. The van der Waals surface area contributed by atoms with Crippen molar-refractivity contribution in [2.45, 2.75) is 19.8 Å². The Kier molecular flexibility index (Phi) is 5.90. The van der Waals surface area contributed by atoms with Gasteiger partial charge in [-0.25, -0.2) is 9.59 Å². The number of hydrogen-bond acceptors (Lipinski definition) is 4. The third-order valence-corrected chi connectivity index (χ3v) is 3.51. The van der Waals surface area contributed by atoms with Gasteiger partial charge in [0.05, 0.1) is 12.7 Å². The zero-order chi connectivity index (χ0) is 17.5. The third kappa shape index (κ3) is 4.81. The molecule has 0 aromatic heterocycles. The van der Waals surface area contributed by atoms with Crippen LogP contribution in [0.5, 0.6) is 5.75 Å². The van der Waals surface area contributed by atoms with Crippen LogP contribution in [-0.4, -0.2) is 19.0 Å². The van der Waals surface area contributed by atoms with E-state index in [1.165, 1.54) is 18.7 Å². The molecule has 24 heavy (non-hydrogen) atoms. The molecule has 0 heterocycles. The average Bonchev–Trinajstić information content (AvgIpc) is 2.60. The quantitative estimate of drug-likeness (QED) is 0.469. The smallest absolute Gasteiger partial charge is 0.337 e. The normalized spacial score (nSPS) is 10.8. The predicted molar refractivity (Wildman–Crippen MR) is 93.0 cm³/mol. The van der Waals surface area contributed by atoms with Gasteiger partial charge in [-0.05, 0) is 47.4 Å². The minimum absolute atomic E-state index is 0.368. The number of carbonyl (C=O) groups is 2. The van der Waals surface area contributed by atoms with Crippen LogP contribution in [0.3, 0.4) is 0 Å². The molecule has 0 aliphatic rings. The summed E-state index contributed by atoms with van der Waals surface area (Å²) in [5.74, 6) is -0.0696. The van der Waals surface area contributed by atoms with Crippen molar-refractivity contribution in [3.8, 4) is 5.75 Å². The van der Waals surface area contributed by atoms with Gasteiger partial charge >= 0.3 is 11.9 Å². The van der Waals surface area contributed by atoms with Crippen LogP contribution in [-0.2, 0) is 9.53 Å². The molecule has 4 heteroatoms. The summed E-state index contributed by atoms with van der Waals surface area (Å²) >= 11 is 0. The zero-order valence-electron chi connectivity index (χ0n) is 14.0. The van der Waals surface area contributed by atoms with Crippen LogP contribution in [0, 0.1) is 0 Å². The van der Waals surface area contributed by atoms with Gasteiger partial charge in [0.2, 0.25) is 0 Å². The van der Waals surface area contributed by atoms with Gasteiger partial charge in [-0.2, -0.15) is 0 Å². The van der Waals surface area contributed by atoms with Gasteiger partial charge in [-0.1, -0.05) is 38.1 Å². The fourth-order valence-electron chi connectivity index (χ4n) is 2.08. The van der Waals surface area contributed by atoms with E-state index < -0.39 is 11.9 Å². The van der Waals surface area contributed by atoms with Crippen molar-refractivity contribution >= 4 is 18.0 Å². The highest BCUT2D eigenvalue weighted by Gasteiger charge is 2.06. The molecule has 4 nitrogen and oxygen atoms in total. The van der Waals surface area contributed by atoms with Crippen molar-refractivity contribution in [2.75, 3.05) is 7.11 Å². The number of rotatable bonds is 5. The zero-order valence-corrected chi connectivity index (χ0v) is 14.0. The van der Waals surface area contributed by atoms with E-state index in [-0.39, 0.29) is 0 Å². The summed E-state index contributed by atoms with van der Waals surface area (Å²) < 4.78 is 9.80. The summed E-state index contributed by atoms with van der Waals surface area (Å²) in [5.41, 5.74) is 2.58. The van der Waals surface area contributed by atoms with Gasteiger partial charge in [-0.3, -0.25) is 0 Å². The van der Waals surface area contributed by atoms with E-state index in [4.69, 9.17) is 4.74 Å². The largest absolute Gasteiger partial charge is 0.465 e. The van der Waals surface area contributed by atoms with Crippen LogP contribution in [0.1, 0.15) is 41.3 Å². The van der Waals surface area contributed by atoms with Crippen molar-refractivity contribution in [3.63, 3.8) is 0 Å². The summed E-state index contributed by atoms with van der Waals surface area (Å²) in [6.07, 6.45) is 3.08. The molecule has 0 amide bonds. The van der Waals surface area contributed by atoms with E-state index in [0.29, 0.717) is 17.2 Å². The Morgan fingerprint density at radius 3 is 2.12 bits per heavy atom. The van der Waals surface area contributed by atoms with Crippen LogP contribution < -0.4 is 4.74 Å². The van der Waals surface area contributed by atoms with Crippen molar-refractivity contribution in [1.82, 2.24) is 0 Å². The maximum atomic E-state index is 11.8. The monoisotopic (exact) mass is 324 g/mol. The lowest BCUT2D eigenvalue weighted by Crippen LogP contribution is -2.05. The Hall–Kier alpha value is -2.88. The van der Waals surface area contributed by atoms with Crippen LogP contribution in [0.2, 0.25) is 0 Å². The standard InChI is InChI=1S/C20H20O4/c1-14(2)16-7-4-15(5-8-16)6-13-19(21)24-18-11-9-17(10-12-18)20(22)23-3/h4-14H,1-3H3/b13-6+. The molecule has 0 fully saturated rings. The topological polar surface area (TPSA) is 52.6 Å². The highest BCUT2D eigenvalue weighted by Crippen LogP contribution is 2.16. The molecule has 0 aliphatic carbocycles. The highest BCUT2D eigenvalue weighted by molar-refractivity contribution is 5.90. The second kappa shape index (κ2) is 8.11. The van der Waals surface area contributed by atoms with Crippen molar-refractivity contribution in [2.24, 2.45) is 0 Å². The lowest BCUT2D eigenvalue weighted by Gasteiger charge is -2.05. The molecule has 0 radical (unpaired) electrons. The Balaban J connectivity index is 1.96. The molecule has 0 spiro atoms. The molecule has 2 aromatic carbocycles. The molecule has 0 bridgehead atoms. The molecule has 2 rings (SSSR count). The second-order valence-electron chi connectivity index (χ2n) is 5.59. The first kappa shape index (κ1) is 17.5. The number of benzene rings is 2. The average molecular weight is 324 g/mol. The van der Waals surface area contributed by atoms with Crippen molar-refractivity contribution < 1.29 is 19.1 Å². The minimum atomic E-state index is -0.478. The number of ether oxygens (including phenoxy) is 2. The first-order valence-corrected chi connectivity index (χ1v) is 7.68. The number of methoxy groups -OCH3 is 1. The van der Waals surface area contributed by atoms with Crippen LogP contribution in [0.25, 0.3) is 6.08 Å². The number of esters is 2. The lowest BCUT2D eigenvalue weighted by molar-refractivity contribution is -0.128. The van der Waals surface area contributed by atoms with Gasteiger partial charge < -0.3 is 9.47 Å². The third-order valence-electron chi connectivity index (χ3n) is 3.51. The van der Waals surface area contributed by atoms with Gasteiger partial charge in [0.25, 0.3) is 0 Å². The molecule has 0 atom stereocenters. The fourth-order valence-corrected chi connectivity index (χ4v) is 2.08. The maximum Gasteiger partial charge on any atom is 0.337 e. The van der Waals surface area contributed by atoms with Gasteiger partial charge in [0.1, 0.15) is 5.75 Å². The van der Waals surface area contributed by atoms with Gasteiger partial charge in [-0.15, -0.1) is 0 Å². The van der Waals surface area contributed by atoms with E-state index in [9.17, 15) is 9.59 Å². The summed E-state index contributed by atoms with van der Waals surface area (Å²) in [6.45, 7) is 4.27. The Morgan fingerprint density at radius 2 is 1.58 bits per heavy atom. The molecule has 0 saturated carbocycles. The van der Waals surface area contributed by atoms with E-state index >= 15 is 0 Å². The molecule has 2 aromatic rings. The molecule has 0 saturated heterocycles. The molecule has 0 N–H and O–H groups in total. The van der Waals surface area contributed by atoms with E-state index in [0.717, 1.165) is 5.56 Å². The number of carbonyl (C=O) groups excluding carboxylic acids is 2. The highest BCUT2D eigenvalue weighted by atomic mass is 16.5. The summed E-state index contributed by atoms with van der Waals surface area (Å²) in [5, 5.41) is 0. The first-order chi connectivity index (χ1) is 11.5. The van der Waals surface area contributed by atoms with Crippen LogP contribution in [0.4, 0.5) is 0 Å². The first-order valence-electron chi connectivity index (χ1n) is 7.68. The van der Waals surface area contributed by atoms with E-state index in [1.54, 1.807) is 30.3 Å². The Morgan fingerprint density at radius 1 is 0.958 bits per heavy atom. The SMILES string of the molecule is COC(=O)c1ccc(OC(=O)/C=C/c2ccc(C(C)C)cc2)cc1. The summed E-state index contributed by atoms with van der Waals surface area (Å²) in [4.78, 5) is 23.2. The molecule has 0 aliphatic heterocycles. The second-order valence-corrected chi connectivity index (χ2v) is 5.59. The summed E-state index contributed by atoms with van der Waals surface area (Å²) in [6, 6.07) is 14.2. The fraction of sp³-hybridized carbons (Fsp3) is 0.200. The van der Waals surface area contributed by atoms with Crippen molar-refractivity contribution in [1.29, 1.82) is 0 Å². The van der Waals surface area contributed by atoms with E-state index in [1.807, 2.05) is 24.3 Å². The molecule has 124 valence electrons. The maximum absolute atomic E-state index is 11.8. The van der Waals surface area contributed by atoms with Gasteiger partial charge in [0.15, 0.2) is 0 Å². The minimum Gasteiger partial charge on any atom is -0.465 e. The van der Waals surface area contributed by atoms with Crippen molar-refractivity contribution in [3.05, 3.63) is 71.3 Å². The Labute approximate surface area is 141 Å². The van der Waals surface area contributed by atoms with Crippen LogP contribution in [0.15, 0.2) is 54.6 Å². The summed E-state index contributed by atoms with van der Waals surface area (Å²) in [7, 11) is 1.31. The van der Waals surface area contributed by atoms with Crippen LogP contribution >= 0.6 is 0 Å².